The Labute approximate surface area is 132 Å². The number of aldehydes is 2. The average molecular weight is 306 g/mol. The molecule has 0 radical (unpaired) electrons. The highest BCUT2D eigenvalue weighted by Gasteiger charge is 2.17. The maximum absolute atomic E-state index is 10.8. The molecule has 0 fully saturated rings. The number of carbonyl (C=O) groups excluding carboxylic acids is 2. The van der Waals surface area contributed by atoms with Crippen LogP contribution in [0.5, 0.6) is 11.5 Å². The van der Waals surface area contributed by atoms with Crippen LogP contribution in [0.25, 0.3) is 0 Å². The van der Waals surface area contributed by atoms with Crippen LogP contribution in [0.3, 0.4) is 0 Å². The molecule has 22 heavy (non-hydrogen) atoms. The number of rotatable bonds is 10. The monoisotopic (exact) mass is 306 g/mol. The summed E-state index contributed by atoms with van der Waals surface area (Å²) >= 11 is 0. The number of carbonyl (C=O) groups is 2. The van der Waals surface area contributed by atoms with Gasteiger partial charge in [0, 0.05) is 10.8 Å². The van der Waals surface area contributed by atoms with Crippen molar-refractivity contribution in [2.75, 3.05) is 13.2 Å². The van der Waals surface area contributed by atoms with E-state index in [0.717, 1.165) is 24.1 Å². The van der Waals surface area contributed by atoms with Crippen LogP contribution in [0.1, 0.15) is 40.5 Å². The largest absolute Gasteiger partial charge is 0.494 e. The molecule has 122 valence electrons. The van der Waals surface area contributed by atoms with Crippen molar-refractivity contribution < 1.29 is 19.1 Å². The molecule has 0 aliphatic heterocycles. The second-order valence-corrected chi connectivity index (χ2v) is 6.88. The van der Waals surface area contributed by atoms with Gasteiger partial charge >= 0.3 is 0 Å². The SMILES string of the molecule is CC(C)(C=O)CCOc1ccc(OCCC(C)(C)C=O)cc1. The smallest absolute Gasteiger partial charge is 0.125 e. The Morgan fingerprint density at radius 3 is 1.36 bits per heavy atom. The molecule has 1 rings (SSSR count). The van der Waals surface area contributed by atoms with E-state index in [1.165, 1.54) is 0 Å². The van der Waals surface area contributed by atoms with Crippen LogP contribution in [-0.4, -0.2) is 25.8 Å². The third-order valence-electron chi connectivity index (χ3n) is 3.49. The van der Waals surface area contributed by atoms with Crippen molar-refractivity contribution in [3.8, 4) is 11.5 Å². The van der Waals surface area contributed by atoms with E-state index in [0.29, 0.717) is 26.1 Å². The summed E-state index contributed by atoms with van der Waals surface area (Å²) in [7, 11) is 0. The van der Waals surface area contributed by atoms with E-state index >= 15 is 0 Å². The van der Waals surface area contributed by atoms with Crippen molar-refractivity contribution in [3.05, 3.63) is 24.3 Å². The van der Waals surface area contributed by atoms with Gasteiger partial charge in [-0.05, 0) is 37.1 Å². The van der Waals surface area contributed by atoms with Gasteiger partial charge in [0.2, 0.25) is 0 Å². The predicted octanol–water partition coefficient (Wildman–Crippen LogP) is 3.67. The van der Waals surface area contributed by atoms with E-state index in [1.54, 1.807) is 0 Å². The zero-order chi connectivity index (χ0) is 16.6. The Bertz CT molecular complexity index is 429. The van der Waals surface area contributed by atoms with Crippen LogP contribution in [0.15, 0.2) is 24.3 Å². The van der Waals surface area contributed by atoms with Crippen molar-refractivity contribution in [1.82, 2.24) is 0 Å². The van der Waals surface area contributed by atoms with Crippen molar-refractivity contribution in [2.24, 2.45) is 10.8 Å². The Hall–Kier alpha value is -1.84. The molecular weight excluding hydrogens is 280 g/mol. The van der Waals surface area contributed by atoms with E-state index in [2.05, 4.69) is 0 Å². The molecule has 0 saturated carbocycles. The van der Waals surface area contributed by atoms with Crippen LogP contribution in [0, 0.1) is 10.8 Å². The first kappa shape index (κ1) is 18.2. The zero-order valence-corrected chi connectivity index (χ0v) is 13.9. The quantitative estimate of drug-likeness (QED) is 0.619. The Kier molecular flexibility index (Phi) is 6.60. The Balaban J connectivity index is 2.37. The van der Waals surface area contributed by atoms with Gasteiger partial charge in [0.1, 0.15) is 24.1 Å². The molecule has 0 unspecified atom stereocenters. The lowest BCUT2D eigenvalue weighted by Crippen LogP contribution is -2.17. The lowest BCUT2D eigenvalue weighted by Gasteiger charge is -2.17. The molecular formula is C18H26O4. The first-order valence-electron chi connectivity index (χ1n) is 7.56. The second kappa shape index (κ2) is 7.97. The summed E-state index contributed by atoms with van der Waals surface area (Å²) in [6.07, 6.45) is 3.26. The first-order chi connectivity index (χ1) is 10.3. The summed E-state index contributed by atoms with van der Waals surface area (Å²) < 4.78 is 11.2. The number of ether oxygens (including phenoxy) is 2. The van der Waals surface area contributed by atoms with Gasteiger partial charge in [0.05, 0.1) is 13.2 Å². The molecule has 0 amide bonds. The molecule has 0 saturated heterocycles. The fraction of sp³-hybridized carbons (Fsp3) is 0.556. The molecule has 4 nitrogen and oxygen atoms in total. The molecule has 0 spiro atoms. The average Bonchev–Trinajstić information content (AvgIpc) is 2.48. The number of hydrogen-bond donors (Lipinski definition) is 0. The molecule has 0 bridgehead atoms. The summed E-state index contributed by atoms with van der Waals surface area (Å²) in [4.78, 5) is 21.6. The van der Waals surface area contributed by atoms with Gasteiger partial charge in [-0.1, -0.05) is 27.7 Å². The number of hydrogen-bond acceptors (Lipinski definition) is 4. The van der Waals surface area contributed by atoms with Gasteiger partial charge in [0.25, 0.3) is 0 Å². The standard InChI is InChI=1S/C18H26O4/c1-17(2,13-19)9-11-21-15-5-7-16(8-6-15)22-12-10-18(3,4)14-20/h5-8,13-14H,9-12H2,1-4H3. The minimum atomic E-state index is -0.353. The highest BCUT2D eigenvalue weighted by molar-refractivity contribution is 5.58. The van der Waals surface area contributed by atoms with Crippen LogP contribution >= 0.6 is 0 Å². The fourth-order valence-electron chi connectivity index (χ4n) is 1.61. The van der Waals surface area contributed by atoms with E-state index < -0.39 is 0 Å². The fourth-order valence-corrected chi connectivity index (χ4v) is 1.61. The molecule has 4 heteroatoms. The van der Waals surface area contributed by atoms with E-state index in [1.807, 2.05) is 52.0 Å². The first-order valence-corrected chi connectivity index (χ1v) is 7.56. The van der Waals surface area contributed by atoms with E-state index in [9.17, 15) is 9.59 Å². The third-order valence-corrected chi connectivity index (χ3v) is 3.49. The van der Waals surface area contributed by atoms with E-state index in [4.69, 9.17) is 9.47 Å². The molecule has 0 aliphatic rings. The third kappa shape index (κ3) is 6.74. The lowest BCUT2D eigenvalue weighted by molar-refractivity contribution is -0.115. The minimum Gasteiger partial charge on any atom is -0.494 e. The van der Waals surface area contributed by atoms with Crippen molar-refractivity contribution in [1.29, 1.82) is 0 Å². The Morgan fingerprint density at radius 1 is 0.773 bits per heavy atom. The van der Waals surface area contributed by atoms with Gasteiger partial charge < -0.3 is 19.1 Å². The van der Waals surface area contributed by atoms with Crippen LogP contribution < -0.4 is 9.47 Å². The molecule has 0 aliphatic carbocycles. The van der Waals surface area contributed by atoms with Crippen LogP contribution in [0.2, 0.25) is 0 Å². The van der Waals surface area contributed by atoms with Gasteiger partial charge in [-0.25, -0.2) is 0 Å². The summed E-state index contributed by atoms with van der Waals surface area (Å²) in [5.74, 6) is 1.50. The van der Waals surface area contributed by atoms with Crippen LogP contribution in [-0.2, 0) is 9.59 Å². The summed E-state index contributed by atoms with van der Waals surface area (Å²) in [5, 5.41) is 0. The van der Waals surface area contributed by atoms with Crippen molar-refractivity contribution >= 4 is 12.6 Å². The molecule has 0 atom stereocenters. The van der Waals surface area contributed by atoms with E-state index in [-0.39, 0.29) is 10.8 Å². The van der Waals surface area contributed by atoms with Gasteiger partial charge in [-0.15, -0.1) is 0 Å². The highest BCUT2D eigenvalue weighted by atomic mass is 16.5. The highest BCUT2D eigenvalue weighted by Crippen LogP contribution is 2.22. The van der Waals surface area contributed by atoms with Gasteiger partial charge in [0.15, 0.2) is 0 Å². The normalized spacial score (nSPS) is 11.8. The molecule has 0 N–H and O–H groups in total. The molecule has 0 heterocycles. The number of benzene rings is 1. The zero-order valence-electron chi connectivity index (χ0n) is 13.9. The topological polar surface area (TPSA) is 52.6 Å². The van der Waals surface area contributed by atoms with Crippen molar-refractivity contribution in [3.63, 3.8) is 0 Å². The summed E-state index contributed by atoms with van der Waals surface area (Å²) in [6, 6.07) is 7.37. The summed E-state index contributed by atoms with van der Waals surface area (Å²) in [6.45, 7) is 8.56. The summed E-state index contributed by atoms with van der Waals surface area (Å²) in [5.41, 5.74) is -0.705. The van der Waals surface area contributed by atoms with Gasteiger partial charge in [-0.3, -0.25) is 0 Å². The second-order valence-electron chi connectivity index (χ2n) is 6.88. The Morgan fingerprint density at radius 2 is 1.09 bits per heavy atom. The molecule has 0 aromatic heterocycles. The maximum atomic E-state index is 10.8. The molecule has 1 aromatic carbocycles. The lowest BCUT2D eigenvalue weighted by atomic mass is 9.92. The maximum Gasteiger partial charge on any atom is 0.125 e. The van der Waals surface area contributed by atoms with Crippen LogP contribution in [0.4, 0.5) is 0 Å². The molecule has 1 aromatic rings. The predicted molar refractivity (Wildman–Crippen MR) is 86.4 cm³/mol. The van der Waals surface area contributed by atoms with Crippen molar-refractivity contribution in [2.45, 2.75) is 40.5 Å². The minimum absolute atomic E-state index is 0.353. The van der Waals surface area contributed by atoms with Gasteiger partial charge in [-0.2, -0.15) is 0 Å².